The Kier molecular flexibility index (Phi) is 4.34. The van der Waals surface area contributed by atoms with Crippen LogP contribution in [-0.2, 0) is 0 Å². The van der Waals surface area contributed by atoms with Crippen molar-refractivity contribution in [2.75, 3.05) is 0 Å². The van der Waals surface area contributed by atoms with Gasteiger partial charge in [0.25, 0.3) is 5.91 Å². The third-order valence-corrected chi connectivity index (χ3v) is 4.90. The third kappa shape index (κ3) is 2.84. The number of carbonyl (C=O) groups excluding carboxylic acids is 1. The topological polar surface area (TPSA) is 52.7 Å². The van der Waals surface area contributed by atoms with Gasteiger partial charge in [0.15, 0.2) is 5.82 Å². The van der Waals surface area contributed by atoms with Crippen molar-refractivity contribution in [3.8, 4) is 5.82 Å². The Labute approximate surface area is 167 Å². The van der Waals surface area contributed by atoms with Gasteiger partial charge in [0.2, 0.25) is 0 Å². The molecule has 3 aromatic heterocycles. The number of pyridine rings is 1. The zero-order valence-corrected chi connectivity index (χ0v) is 16.5. The summed E-state index contributed by atoms with van der Waals surface area (Å²) in [4.78, 5) is 17.5. The Morgan fingerprint density at radius 3 is 2.77 bits per heavy atom. The van der Waals surface area contributed by atoms with E-state index in [1.54, 1.807) is 35.2 Å². The number of rotatable bonds is 2. The van der Waals surface area contributed by atoms with Gasteiger partial charge >= 0.3 is 0 Å². The number of benzene rings is 1. The summed E-state index contributed by atoms with van der Waals surface area (Å²) in [6, 6.07) is 10.6. The van der Waals surface area contributed by atoms with Gasteiger partial charge in [0.05, 0.1) is 10.5 Å². The summed E-state index contributed by atoms with van der Waals surface area (Å²) in [6.07, 6.45) is 3.32. The zero-order chi connectivity index (χ0) is 18.4. The molecular weight excluding hydrogens is 439 g/mol. The Balaban J connectivity index is 1.90. The number of nitrogens with zero attached hydrogens (tertiary/aromatic N) is 4. The highest BCUT2D eigenvalue weighted by Crippen LogP contribution is 2.27. The predicted octanol–water partition coefficient (Wildman–Crippen LogP) is 5.29. The summed E-state index contributed by atoms with van der Waals surface area (Å²) < 4.78 is 3.53. The standard InChI is InChI=1S/C18H11BrCl2N4O/c1-10-7-12(20)8-11-4-6-24(16(10)11)18(26)14-9-15(19)23-25(14)17-13(21)3-2-5-22-17/h2-9H,1H3. The zero-order valence-electron chi connectivity index (χ0n) is 13.4. The molecule has 0 saturated carbocycles. The van der Waals surface area contributed by atoms with Gasteiger partial charge in [-0.1, -0.05) is 23.2 Å². The number of fused-ring (bicyclic) bond motifs is 1. The van der Waals surface area contributed by atoms with Gasteiger partial charge in [0.1, 0.15) is 10.3 Å². The van der Waals surface area contributed by atoms with E-state index in [0.29, 0.717) is 26.2 Å². The second-order valence-corrected chi connectivity index (χ2v) is 7.38. The first-order chi connectivity index (χ1) is 12.5. The molecule has 0 saturated heterocycles. The molecule has 130 valence electrons. The van der Waals surface area contributed by atoms with Crippen molar-refractivity contribution in [2.24, 2.45) is 0 Å². The second kappa shape index (κ2) is 6.54. The molecule has 1 aromatic carbocycles. The largest absolute Gasteiger partial charge is 0.282 e. The summed E-state index contributed by atoms with van der Waals surface area (Å²) in [7, 11) is 0. The van der Waals surface area contributed by atoms with E-state index in [1.165, 1.54) is 4.68 Å². The van der Waals surface area contributed by atoms with Crippen LogP contribution < -0.4 is 0 Å². The van der Waals surface area contributed by atoms with Gasteiger partial charge in [-0.25, -0.2) is 9.67 Å². The molecule has 3 heterocycles. The molecule has 5 nitrogen and oxygen atoms in total. The second-order valence-electron chi connectivity index (χ2n) is 5.72. The van der Waals surface area contributed by atoms with Crippen molar-refractivity contribution in [3.05, 3.63) is 74.7 Å². The van der Waals surface area contributed by atoms with E-state index in [1.807, 2.05) is 25.1 Å². The van der Waals surface area contributed by atoms with Gasteiger partial charge < -0.3 is 0 Å². The summed E-state index contributed by atoms with van der Waals surface area (Å²) in [6.45, 7) is 1.92. The normalized spacial score (nSPS) is 11.2. The lowest BCUT2D eigenvalue weighted by atomic mass is 10.1. The van der Waals surface area contributed by atoms with Crippen LogP contribution in [0.3, 0.4) is 0 Å². The molecule has 0 atom stereocenters. The number of aryl methyl sites for hydroxylation is 1. The van der Waals surface area contributed by atoms with Gasteiger partial charge in [0, 0.05) is 28.9 Å². The van der Waals surface area contributed by atoms with Crippen LogP contribution in [0.1, 0.15) is 16.1 Å². The van der Waals surface area contributed by atoms with Crippen LogP contribution in [0, 0.1) is 6.92 Å². The minimum Gasteiger partial charge on any atom is -0.282 e. The van der Waals surface area contributed by atoms with Crippen molar-refractivity contribution in [2.45, 2.75) is 6.92 Å². The highest BCUT2D eigenvalue weighted by molar-refractivity contribution is 9.10. The quantitative estimate of drug-likeness (QED) is 0.417. The van der Waals surface area contributed by atoms with Gasteiger partial charge in [-0.15, -0.1) is 0 Å². The van der Waals surface area contributed by atoms with Crippen LogP contribution >= 0.6 is 39.1 Å². The molecule has 0 unspecified atom stereocenters. The summed E-state index contributed by atoms with van der Waals surface area (Å²) in [5, 5.41) is 6.25. The molecule has 0 amide bonds. The molecule has 0 bridgehead atoms. The number of halogens is 3. The van der Waals surface area contributed by atoms with Crippen LogP contribution in [0.5, 0.6) is 0 Å². The lowest BCUT2D eigenvalue weighted by Gasteiger charge is -2.10. The first-order valence-corrected chi connectivity index (χ1v) is 9.19. The van der Waals surface area contributed by atoms with E-state index in [-0.39, 0.29) is 5.91 Å². The predicted molar refractivity (Wildman–Crippen MR) is 105 cm³/mol. The fraction of sp³-hybridized carbons (Fsp3) is 0.0556. The van der Waals surface area contributed by atoms with Crippen LogP contribution in [0.15, 0.2) is 53.4 Å². The Hall–Kier alpha value is -2.15. The van der Waals surface area contributed by atoms with Gasteiger partial charge in [-0.05, 0) is 58.7 Å². The number of aromatic nitrogens is 4. The van der Waals surface area contributed by atoms with Gasteiger partial charge in [-0.3, -0.25) is 9.36 Å². The fourth-order valence-electron chi connectivity index (χ4n) is 2.94. The van der Waals surface area contributed by atoms with E-state index in [9.17, 15) is 4.79 Å². The van der Waals surface area contributed by atoms with Crippen molar-refractivity contribution in [3.63, 3.8) is 0 Å². The molecule has 8 heteroatoms. The smallest absolute Gasteiger partial charge is 0.281 e. The van der Waals surface area contributed by atoms with Gasteiger partial charge in [-0.2, -0.15) is 5.10 Å². The average molecular weight is 450 g/mol. The summed E-state index contributed by atoms with van der Waals surface area (Å²) >= 11 is 15.7. The Morgan fingerprint density at radius 1 is 1.19 bits per heavy atom. The minimum absolute atomic E-state index is 0.245. The van der Waals surface area contributed by atoms with Crippen molar-refractivity contribution in [1.29, 1.82) is 0 Å². The van der Waals surface area contributed by atoms with Crippen molar-refractivity contribution in [1.82, 2.24) is 19.3 Å². The summed E-state index contributed by atoms with van der Waals surface area (Å²) in [5.41, 5.74) is 2.05. The lowest BCUT2D eigenvalue weighted by Crippen LogP contribution is -2.17. The fourth-order valence-corrected chi connectivity index (χ4v) is 3.80. The molecule has 0 aliphatic rings. The first-order valence-electron chi connectivity index (χ1n) is 7.64. The number of hydrogen-bond acceptors (Lipinski definition) is 3. The van der Waals surface area contributed by atoms with E-state index in [2.05, 4.69) is 26.0 Å². The number of hydrogen-bond donors (Lipinski definition) is 0. The Morgan fingerprint density at radius 2 is 2.00 bits per heavy atom. The van der Waals surface area contributed by atoms with E-state index in [4.69, 9.17) is 23.2 Å². The highest BCUT2D eigenvalue weighted by atomic mass is 79.9. The lowest BCUT2D eigenvalue weighted by molar-refractivity contribution is 0.0957. The van der Waals surface area contributed by atoms with Crippen LogP contribution in [-0.4, -0.2) is 25.2 Å². The molecule has 0 aliphatic heterocycles. The molecule has 4 aromatic rings. The first kappa shape index (κ1) is 17.3. The third-order valence-electron chi connectivity index (χ3n) is 4.00. The highest BCUT2D eigenvalue weighted by Gasteiger charge is 2.21. The molecule has 4 rings (SSSR count). The molecule has 0 radical (unpaired) electrons. The maximum Gasteiger partial charge on any atom is 0.281 e. The summed E-state index contributed by atoms with van der Waals surface area (Å²) in [5.74, 6) is 0.143. The minimum atomic E-state index is -0.245. The van der Waals surface area contributed by atoms with Crippen LogP contribution in [0.2, 0.25) is 10.0 Å². The van der Waals surface area contributed by atoms with E-state index >= 15 is 0 Å². The Bertz CT molecular complexity index is 1170. The average Bonchev–Trinajstić information content (AvgIpc) is 3.18. The maximum atomic E-state index is 13.3. The molecule has 0 fully saturated rings. The van der Waals surface area contributed by atoms with E-state index in [0.717, 1.165) is 16.5 Å². The number of carbonyl (C=O) groups is 1. The van der Waals surface area contributed by atoms with Crippen molar-refractivity contribution >= 4 is 55.9 Å². The molecule has 0 N–H and O–H groups in total. The molecular formula is C18H11BrCl2N4O. The van der Waals surface area contributed by atoms with E-state index < -0.39 is 0 Å². The SMILES string of the molecule is Cc1cc(Cl)cc2ccn(C(=O)c3cc(Br)nn3-c3ncccc3Cl)c12. The maximum absolute atomic E-state index is 13.3. The monoisotopic (exact) mass is 448 g/mol. The van der Waals surface area contributed by atoms with Crippen LogP contribution in [0.4, 0.5) is 0 Å². The van der Waals surface area contributed by atoms with Crippen LogP contribution in [0.25, 0.3) is 16.7 Å². The van der Waals surface area contributed by atoms with Crippen molar-refractivity contribution < 1.29 is 4.79 Å². The molecule has 0 spiro atoms. The molecule has 0 aliphatic carbocycles. The molecule has 26 heavy (non-hydrogen) atoms.